The number of aromatic amines is 1. The standard InChI is InChI=1S/C18H22N5O3P/c1-9-5-10(2)12(11(3)6-9)14(24)18(27,26-4)7-23-8-20-13-15(23)21-17(19)22-16(13)25/h5-6,8H,7,27H2,1-4H3,(H3,19,21,22,25). The Labute approximate surface area is 158 Å². The number of anilines is 1. The van der Waals surface area contributed by atoms with E-state index in [9.17, 15) is 9.59 Å². The number of imidazole rings is 1. The van der Waals surface area contributed by atoms with Gasteiger partial charge in [-0.25, -0.2) is 4.98 Å². The van der Waals surface area contributed by atoms with Crippen LogP contribution in [0.15, 0.2) is 23.3 Å². The number of carbonyl (C=O) groups is 1. The van der Waals surface area contributed by atoms with Crippen LogP contribution in [0.2, 0.25) is 0 Å². The molecule has 3 N–H and O–H groups in total. The molecule has 2 atom stereocenters. The minimum atomic E-state index is -1.25. The van der Waals surface area contributed by atoms with Gasteiger partial charge in [0, 0.05) is 12.7 Å². The van der Waals surface area contributed by atoms with E-state index in [1.165, 1.54) is 13.4 Å². The Morgan fingerprint density at radius 1 is 1.33 bits per heavy atom. The largest absolute Gasteiger partial charge is 0.369 e. The van der Waals surface area contributed by atoms with Crippen molar-refractivity contribution in [1.82, 2.24) is 19.5 Å². The molecule has 0 bridgehead atoms. The molecule has 142 valence electrons. The average Bonchev–Trinajstić information content (AvgIpc) is 2.96. The summed E-state index contributed by atoms with van der Waals surface area (Å²) >= 11 is 0. The van der Waals surface area contributed by atoms with Crippen LogP contribution in [0, 0.1) is 20.8 Å². The van der Waals surface area contributed by atoms with Crippen LogP contribution in [-0.2, 0) is 11.3 Å². The molecule has 2 heterocycles. The number of carbonyl (C=O) groups excluding carboxylic acids is 1. The van der Waals surface area contributed by atoms with Crippen LogP contribution in [-0.4, -0.2) is 37.8 Å². The highest BCUT2D eigenvalue weighted by atomic mass is 31.0. The fourth-order valence-corrected chi connectivity index (χ4v) is 3.66. The quantitative estimate of drug-likeness (QED) is 0.509. The highest BCUT2D eigenvalue weighted by molar-refractivity contribution is 7.20. The lowest BCUT2D eigenvalue weighted by Gasteiger charge is -2.28. The monoisotopic (exact) mass is 387 g/mol. The molecule has 3 rings (SSSR count). The fraction of sp³-hybridized carbons (Fsp3) is 0.333. The first-order valence-electron chi connectivity index (χ1n) is 8.33. The van der Waals surface area contributed by atoms with Crippen molar-refractivity contribution in [3.8, 4) is 0 Å². The minimum Gasteiger partial charge on any atom is -0.369 e. The Morgan fingerprint density at radius 2 is 1.96 bits per heavy atom. The van der Waals surface area contributed by atoms with Gasteiger partial charge in [-0.15, -0.1) is 0 Å². The second kappa shape index (κ2) is 6.87. The van der Waals surface area contributed by atoms with Crippen LogP contribution in [0.5, 0.6) is 0 Å². The molecule has 8 nitrogen and oxygen atoms in total. The molecule has 0 saturated carbocycles. The number of nitrogens with two attached hydrogens (primary N) is 1. The first-order valence-corrected chi connectivity index (χ1v) is 8.91. The second-order valence-electron chi connectivity index (χ2n) is 6.69. The number of ketones is 1. The molecule has 0 aliphatic carbocycles. The molecule has 9 heteroatoms. The van der Waals surface area contributed by atoms with Gasteiger partial charge < -0.3 is 15.0 Å². The summed E-state index contributed by atoms with van der Waals surface area (Å²) in [6.07, 6.45) is 1.45. The Balaban J connectivity index is 2.07. The van der Waals surface area contributed by atoms with Crippen LogP contribution < -0.4 is 11.3 Å². The second-order valence-corrected chi connectivity index (χ2v) is 7.62. The number of H-pyrrole nitrogens is 1. The normalized spacial score (nSPS) is 13.7. The van der Waals surface area contributed by atoms with Crippen LogP contribution in [0.4, 0.5) is 5.95 Å². The molecule has 0 fully saturated rings. The lowest BCUT2D eigenvalue weighted by Crippen LogP contribution is -2.39. The summed E-state index contributed by atoms with van der Waals surface area (Å²) in [6.45, 7) is 5.90. The summed E-state index contributed by atoms with van der Waals surface area (Å²) in [4.78, 5) is 35.9. The predicted molar refractivity (Wildman–Crippen MR) is 107 cm³/mol. The van der Waals surface area contributed by atoms with E-state index in [-0.39, 0.29) is 23.8 Å². The van der Waals surface area contributed by atoms with Gasteiger partial charge >= 0.3 is 0 Å². The van der Waals surface area contributed by atoms with Crippen molar-refractivity contribution in [2.24, 2.45) is 0 Å². The Hall–Kier alpha value is -2.57. The SMILES string of the molecule is COC(P)(Cn1cnc2c(=O)[nH]c(N)nc21)C(=O)c1c(C)cc(C)cc1C. The van der Waals surface area contributed by atoms with Gasteiger partial charge in [-0.3, -0.25) is 14.6 Å². The number of hydrogen-bond donors (Lipinski definition) is 2. The zero-order valence-electron chi connectivity index (χ0n) is 15.7. The van der Waals surface area contributed by atoms with Crippen LogP contribution >= 0.6 is 9.24 Å². The van der Waals surface area contributed by atoms with Gasteiger partial charge in [-0.05, 0) is 31.9 Å². The van der Waals surface area contributed by atoms with Gasteiger partial charge in [0.2, 0.25) is 11.7 Å². The van der Waals surface area contributed by atoms with E-state index < -0.39 is 10.9 Å². The molecule has 0 aliphatic heterocycles. The molecule has 0 aliphatic rings. The van der Waals surface area contributed by atoms with Crippen molar-refractivity contribution in [2.75, 3.05) is 12.8 Å². The van der Waals surface area contributed by atoms with Crippen molar-refractivity contribution >= 4 is 32.1 Å². The topological polar surface area (TPSA) is 116 Å². The van der Waals surface area contributed by atoms with Gasteiger partial charge in [-0.2, -0.15) is 4.98 Å². The van der Waals surface area contributed by atoms with Crippen molar-refractivity contribution < 1.29 is 9.53 Å². The molecule has 0 radical (unpaired) electrons. The smallest absolute Gasteiger partial charge is 0.280 e. The number of hydrogen-bond acceptors (Lipinski definition) is 6. The lowest BCUT2D eigenvalue weighted by molar-refractivity contribution is 0.0408. The van der Waals surface area contributed by atoms with E-state index in [0.717, 1.165) is 16.7 Å². The average molecular weight is 387 g/mol. The number of aryl methyl sites for hydroxylation is 3. The number of fused-ring (bicyclic) bond motifs is 1. The number of ether oxygens (including phenoxy) is 1. The fourth-order valence-electron chi connectivity index (χ4n) is 3.32. The van der Waals surface area contributed by atoms with Crippen molar-refractivity contribution in [2.45, 2.75) is 32.7 Å². The summed E-state index contributed by atoms with van der Waals surface area (Å²) in [5, 5.41) is -1.25. The lowest BCUT2D eigenvalue weighted by atomic mass is 9.93. The zero-order chi connectivity index (χ0) is 19.9. The van der Waals surface area contributed by atoms with Crippen molar-refractivity contribution in [3.63, 3.8) is 0 Å². The molecule has 1 aromatic carbocycles. The zero-order valence-corrected chi connectivity index (χ0v) is 16.8. The Kier molecular flexibility index (Phi) is 4.88. The van der Waals surface area contributed by atoms with Crippen LogP contribution in [0.25, 0.3) is 11.2 Å². The molecule has 27 heavy (non-hydrogen) atoms. The molecule has 0 amide bonds. The van der Waals surface area contributed by atoms with Gasteiger partial charge in [0.15, 0.2) is 16.5 Å². The molecule has 0 spiro atoms. The van der Waals surface area contributed by atoms with Crippen LogP contribution in [0.3, 0.4) is 0 Å². The van der Waals surface area contributed by atoms with E-state index in [0.29, 0.717) is 11.2 Å². The Morgan fingerprint density at radius 3 is 2.56 bits per heavy atom. The number of nitrogen functional groups attached to an aromatic ring is 1. The van der Waals surface area contributed by atoms with E-state index >= 15 is 0 Å². The first kappa shape index (κ1) is 19.2. The van der Waals surface area contributed by atoms with E-state index in [1.54, 1.807) is 4.57 Å². The predicted octanol–water partition coefficient (Wildman–Crippen LogP) is 1.73. The number of nitrogens with zero attached hydrogens (tertiary/aromatic N) is 3. The minimum absolute atomic E-state index is 0.0161. The first-order chi connectivity index (χ1) is 12.7. The number of methoxy groups -OCH3 is 1. The maximum absolute atomic E-state index is 13.4. The van der Waals surface area contributed by atoms with Gasteiger partial charge in [0.05, 0.1) is 12.9 Å². The molecule has 3 aromatic rings. The third-order valence-corrected chi connectivity index (χ3v) is 5.23. The maximum Gasteiger partial charge on any atom is 0.280 e. The maximum atomic E-state index is 13.4. The Bertz CT molecular complexity index is 1080. The number of rotatable bonds is 5. The molecular weight excluding hydrogens is 365 g/mol. The van der Waals surface area contributed by atoms with Crippen LogP contribution in [0.1, 0.15) is 27.0 Å². The third kappa shape index (κ3) is 3.38. The summed E-state index contributed by atoms with van der Waals surface area (Å²) in [5.41, 5.74) is 9.14. The highest BCUT2D eigenvalue weighted by Crippen LogP contribution is 2.31. The summed E-state index contributed by atoms with van der Waals surface area (Å²) in [7, 11) is 3.96. The van der Waals surface area contributed by atoms with Gasteiger partial charge in [0.1, 0.15) is 0 Å². The van der Waals surface area contributed by atoms with Gasteiger partial charge in [-0.1, -0.05) is 26.9 Å². The third-order valence-electron chi connectivity index (χ3n) is 4.55. The molecular formula is C18H22N5O3P. The number of Topliss-reactive ketones (excluding diaryl/α,β-unsaturated/α-hetero) is 1. The number of benzene rings is 1. The molecule has 2 aromatic heterocycles. The summed E-state index contributed by atoms with van der Waals surface area (Å²) < 4.78 is 7.19. The summed E-state index contributed by atoms with van der Waals surface area (Å²) in [6, 6.07) is 3.94. The highest BCUT2D eigenvalue weighted by Gasteiger charge is 2.37. The van der Waals surface area contributed by atoms with E-state index in [4.69, 9.17) is 10.5 Å². The molecule has 2 unspecified atom stereocenters. The van der Waals surface area contributed by atoms with Gasteiger partial charge in [0.25, 0.3) is 5.56 Å². The molecule has 0 saturated heterocycles. The van der Waals surface area contributed by atoms with E-state index in [1.807, 2.05) is 32.9 Å². The van der Waals surface area contributed by atoms with Crippen molar-refractivity contribution in [3.05, 3.63) is 51.1 Å². The van der Waals surface area contributed by atoms with Crippen molar-refractivity contribution in [1.29, 1.82) is 0 Å². The summed E-state index contributed by atoms with van der Waals surface area (Å²) in [5.74, 6) is -0.192. The number of nitrogens with one attached hydrogen (secondary N) is 1. The number of aromatic nitrogens is 4. The van der Waals surface area contributed by atoms with E-state index in [2.05, 4.69) is 24.2 Å².